The van der Waals surface area contributed by atoms with Gasteiger partial charge in [-0.15, -0.1) is 0 Å². The fourth-order valence-corrected chi connectivity index (χ4v) is 1.59. The molecule has 7 heteroatoms. The number of hydrogen-bond acceptors (Lipinski definition) is 5. The average Bonchev–Trinajstić information content (AvgIpc) is 2.44. The first kappa shape index (κ1) is 15.5. The average molecular weight is 279 g/mol. The summed E-state index contributed by atoms with van der Waals surface area (Å²) in [6, 6.07) is 6.78. The van der Waals surface area contributed by atoms with Crippen molar-refractivity contribution in [2.75, 3.05) is 25.6 Å². The highest BCUT2D eigenvalue weighted by atomic mass is 16.5. The van der Waals surface area contributed by atoms with Gasteiger partial charge in [0.25, 0.3) is 5.91 Å². The van der Waals surface area contributed by atoms with Crippen molar-refractivity contribution in [1.82, 2.24) is 10.9 Å². The van der Waals surface area contributed by atoms with E-state index in [9.17, 15) is 14.4 Å². The molecule has 0 radical (unpaired) electrons. The summed E-state index contributed by atoms with van der Waals surface area (Å²) in [7, 11) is 2.96. The smallest absolute Gasteiger partial charge is 0.339 e. The molecule has 0 aliphatic heterocycles. The van der Waals surface area contributed by atoms with Gasteiger partial charge < -0.3 is 9.64 Å². The fourth-order valence-electron chi connectivity index (χ4n) is 1.59. The first-order chi connectivity index (χ1) is 9.45. The standard InChI is InChI=1S/C13H17N3O4/c1-9(17)14-15-12(18)8-16(2)11-7-5-4-6-10(11)13(19)20-3/h4-7H,8H2,1-3H3,(H,14,17)(H,15,18). The van der Waals surface area contributed by atoms with Crippen molar-refractivity contribution < 1.29 is 19.1 Å². The van der Waals surface area contributed by atoms with E-state index in [0.29, 0.717) is 11.3 Å². The Morgan fingerprint density at radius 2 is 1.85 bits per heavy atom. The number of nitrogens with one attached hydrogen (secondary N) is 2. The van der Waals surface area contributed by atoms with E-state index < -0.39 is 11.9 Å². The molecule has 0 spiro atoms. The molecule has 0 aliphatic carbocycles. The predicted molar refractivity (Wildman–Crippen MR) is 73.0 cm³/mol. The van der Waals surface area contributed by atoms with Crippen molar-refractivity contribution in [3.8, 4) is 0 Å². The maximum absolute atomic E-state index is 11.6. The molecule has 0 saturated carbocycles. The van der Waals surface area contributed by atoms with Gasteiger partial charge >= 0.3 is 5.97 Å². The summed E-state index contributed by atoms with van der Waals surface area (Å²) in [5.74, 6) is -1.24. The maximum Gasteiger partial charge on any atom is 0.339 e. The van der Waals surface area contributed by atoms with Crippen LogP contribution >= 0.6 is 0 Å². The second-order valence-electron chi connectivity index (χ2n) is 4.09. The first-order valence-electron chi connectivity index (χ1n) is 5.89. The number of rotatable bonds is 4. The van der Waals surface area contributed by atoms with E-state index in [-0.39, 0.29) is 12.5 Å². The molecule has 0 bridgehead atoms. The summed E-state index contributed by atoms with van der Waals surface area (Å²) < 4.78 is 4.69. The van der Waals surface area contributed by atoms with E-state index in [2.05, 4.69) is 15.6 Å². The van der Waals surface area contributed by atoms with Gasteiger partial charge in [-0.1, -0.05) is 12.1 Å². The van der Waals surface area contributed by atoms with Gasteiger partial charge in [-0.25, -0.2) is 4.79 Å². The first-order valence-corrected chi connectivity index (χ1v) is 5.89. The van der Waals surface area contributed by atoms with Crippen LogP contribution in [-0.4, -0.2) is 38.5 Å². The number of esters is 1. The molecule has 1 rings (SSSR count). The van der Waals surface area contributed by atoms with Crippen molar-refractivity contribution in [1.29, 1.82) is 0 Å². The third-order valence-corrected chi connectivity index (χ3v) is 2.48. The lowest BCUT2D eigenvalue weighted by Gasteiger charge is -2.21. The number of carbonyl (C=O) groups excluding carboxylic acids is 3. The minimum Gasteiger partial charge on any atom is -0.465 e. The second-order valence-corrected chi connectivity index (χ2v) is 4.09. The van der Waals surface area contributed by atoms with Crippen LogP contribution in [0.4, 0.5) is 5.69 Å². The van der Waals surface area contributed by atoms with Crippen LogP contribution in [0.25, 0.3) is 0 Å². The highest BCUT2D eigenvalue weighted by molar-refractivity contribution is 5.96. The molecule has 2 amide bonds. The normalized spacial score (nSPS) is 9.55. The van der Waals surface area contributed by atoms with Crippen molar-refractivity contribution >= 4 is 23.5 Å². The van der Waals surface area contributed by atoms with Crippen LogP contribution in [0.3, 0.4) is 0 Å². The Morgan fingerprint density at radius 1 is 1.20 bits per heavy atom. The van der Waals surface area contributed by atoms with Crippen LogP contribution in [0.1, 0.15) is 17.3 Å². The summed E-state index contributed by atoms with van der Waals surface area (Å²) in [6.07, 6.45) is 0. The number of hydrazine groups is 1. The largest absolute Gasteiger partial charge is 0.465 e. The van der Waals surface area contributed by atoms with E-state index in [1.807, 2.05) is 0 Å². The van der Waals surface area contributed by atoms with Crippen molar-refractivity contribution in [2.24, 2.45) is 0 Å². The van der Waals surface area contributed by atoms with Crippen LogP contribution < -0.4 is 15.8 Å². The molecule has 0 saturated heterocycles. The number of anilines is 1. The zero-order valence-electron chi connectivity index (χ0n) is 11.6. The monoisotopic (exact) mass is 279 g/mol. The quantitative estimate of drug-likeness (QED) is 0.602. The summed E-state index contributed by atoms with van der Waals surface area (Å²) in [6.45, 7) is 1.27. The summed E-state index contributed by atoms with van der Waals surface area (Å²) in [5.41, 5.74) is 5.38. The molecular formula is C13H17N3O4. The number of amides is 2. The Labute approximate surface area is 116 Å². The summed E-state index contributed by atoms with van der Waals surface area (Å²) >= 11 is 0. The Morgan fingerprint density at radius 3 is 2.45 bits per heavy atom. The van der Waals surface area contributed by atoms with Gasteiger partial charge in [0.1, 0.15) is 0 Å². The van der Waals surface area contributed by atoms with Gasteiger partial charge in [0.15, 0.2) is 0 Å². The van der Waals surface area contributed by atoms with Gasteiger partial charge in [-0.2, -0.15) is 0 Å². The van der Waals surface area contributed by atoms with Crippen LogP contribution in [0, 0.1) is 0 Å². The molecule has 0 fully saturated rings. The minimum absolute atomic E-state index is 0.0196. The Balaban J connectivity index is 2.77. The van der Waals surface area contributed by atoms with Crippen LogP contribution in [0.15, 0.2) is 24.3 Å². The third-order valence-electron chi connectivity index (χ3n) is 2.48. The minimum atomic E-state index is -0.477. The number of benzene rings is 1. The number of likely N-dealkylation sites (N-methyl/N-ethyl adjacent to an activating group) is 1. The van der Waals surface area contributed by atoms with Gasteiger partial charge in [0, 0.05) is 14.0 Å². The number of methoxy groups -OCH3 is 1. The lowest BCUT2D eigenvalue weighted by atomic mass is 10.1. The molecule has 7 nitrogen and oxygen atoms in total. The topological polar surface area (TPSA) is 87.7 Å². The Bertz CT molecular complexity index is 516. The SMILES string of the molecule is COC(=O)c1ccccc1N(C)CC(=O)NNC(C)=O. The van der Waals surface area contributed by atoms with Crippen LogP contribution in [0.2, 0.25) is 0 Å². The van der Waals surface area contributed by atoms with E-state index in [0.717, 1.165) is 0 Å². The Kier molecular flexibility index (Phi) is 5.52. The van der Waals surface area contributed by atoms with Gasteiger partial charge in [-0.05, 0) is 12.1 Å². The van der Waals surface area contributed by atoms with Gasteiger partial charge in [-0.3, -0.25) is 20.4 Å². The Hall–Kier alpha value is -2.57. The van der Waals surface area contributed by atoms with Crippen molar-refractivity contribution in [3.63, 3.8) is 0 Å². The van der Waals surface area contributed by atoms with Gasteiger partial charge in [0.2, 0.25) is 5.91 Å². The molecule has 0 aliphatic rings. The van der Waals surface area contributed by atoms with Crippen LogP contribution in [-0.2, 0) is 14.3 Å². The number of carbonyl (C=O) groups is 3. The van der Waals surface area contributed by atoms with E-state index in [1.165, 1.54) is 14.0 Å². The molecule has 0 atom stereocenters. The highest BCUT2D eigenvalue weighted by Gasteiger charge is 2.16. The summed E-state index contributed by atoms with van der Waals surface area (Å²) in [4.78, 5) is 35.5. The number of hydrogen-bond donors (Lipinski definition) is 2. The lowest BCUT2D eigenvalue weighted by molar-refractivity contribution is -0.127. The van der Waals surface area contributed by atoms with Gasteiger partial charge in [0.05, 0.1) is 24.9 Å². The third kappa shape index (κ3) is 4.27. The second kappa shape index (κ2) is 7.13. The summed E-state index contributed by atoms with van der Waals surface area (Å²) in [5, 5.41) is 0. The molecule has 0 aromatic heterocycles. The molecule has 2 N–H and O–H groups in total. The zero-order chi connectivity index (χ0) is 15.1. The predicted octanol–water partition coefficient (Wildman–Crippen LogP) is 0.0767. The van der Waals surface area contributed by atoms with E-state index >= 15 is 0 Å². The lowest BCUT2D eigenvalue weighted by Crippen LogP contribution is -2.45. The van der Waals surface area contributed by atoms with Crippen LogP contribution in [0.5, 0.6) is 0 Å². The van der Waals surface area contributed by atoms with E-state index in [4.69, 9.17) is 0 Å². The molecule has 108 valence electrons. The molecular weight excluding hydrogens is 262 g/mol. The highest BCUT2D eigenvalue weighted by Crippen LogP contribution is 2.19. The molecule has 20 heavy (non-hydrogen) atoms. The molecule has 1 aromatic rings. The zero-order valence-corrected chi connectivity index (χ0v) is 11.6. The number of nitrogens with zero attached hydrogens (tertiary/aromatic N) is 1. The molecule has 0 unspecified atom stereocenters. The molecule has 0 heterocycles. The fraction of sp³-hybridized carbons (Fsp3) is 0.308. The van der Waals surface area contributed by atoms with Crippen molar-refractivity contribution in [3.05, 3.63) is 29.8 Å². The van der Waals surface area contributed by atoms with E-state index in [1.54, 1.807) is 36.2 Å². The number of para-hydroxylation sites is 1. The number of ether oxygens (including phenoxy) is 1. The van der Waals surface area contributed by atoms with Crippen molar-refractivity contribution in [2.45, 2.75) is 6.92 Å². The maximum atomic E-state index is 11.6. The molecule has 1 aromatic carbocycles.